The number of hydrogen-bond donors (Lipinski definition) is 1. The van der Waals surface area contributed by atoms with Crippen molar-refractivity contribution in [3.8, 4) is 0 Å². The summed E-state index contributed by atoms with van der Waals surface area (Å²) >= 11 is 0. The molecule has 33 heavy (non-hydrogen) atoms. The Balaban J connectivity index is 1.09. The van der Waals surface area contributed by atoms with E-state index in [1.165, 1.54) is 4.90 Å². The van der Waals surface area contributed by atoms with E-state index in [1.807, 2.05) is 37.3 Å². The topological polar surface area (TPSA) is 75.7 Å². The third-order valence-electron chi connectivity index (χ3n) is 7.08. The molecule has 4 unspecified atom stereocenters. The van der Waals surface area contributed by atoms with Crippen LogP contribution in [0.25, 0.3) is 0 Å². The van der Waals surface area contributed by atoms with Gasteiger partial charge in [-0.1, -0.05) is 37.1 Å². The van der Waals surface area contributed by atoms with E-state index in [0.717, 1.165) is 44.1 Å². The molecular formula is C27H34N2O4. The number of imide groups is 1. The van der Waals surface area contributed by atoms with Crippen LogP contribution in [0.5, 0.6) is 0 Å². The lowest BCUT2D eigenvalue weighted by molar-refractivity contribution is -0.140. The lowest BCUT2D eigenvalue weighted by Gasteiger charge is -2.17. The molecule has 1 saturated carbocycles. The number of amides is 3. The minimum atomic E-state index is -0.0942. The van der Waals surface area contributed by atoms with E-state index in [2.05, 4.69) is 17.5 Å². The first-order chi connectivity index (χ1) is 16.1. The third kappa shape index (κ3) is 5.21. The number of carbonyl (C=O) groups is 3. The Hall–Kier alpha value is -2.89. The first-order valence-electron chi connectivity index (χ1n) is 12.3. The van der Waals surface area contributed by atoms with Gasteiger partial charge in [0.2, 0.25) is 11.8 Å². The highest BCUT2D eigenvalue weighted by molar-refractivity contribution is 6.06. The van der Waals surface area contributed by atoms with Crippen LogP contribution in [-0.4, -0.2) is 42.3 Å². The number of ether oxygens (including phenoxy) is 1. The van der Waals surface area contributed by atoms with Gasteiger partial charge in [0.25, 0.3) is 5.91 Å². The second kappa shape index (κ2) is 10.8. The molecule has 1 aromatic carbocycles. The predicted molar refractivity (Wildman–Crippen MR) is 126 cm³/mol. The van der Waals surface area contributed by atoms with Crippen molar-refractivity contribution in [3.05, 3.63) is 59.9 Å². The van der Waals surface area contributed by atoms with E-state index in [0.29, 0.717) is 25.3 Å². The maximum atomic E-state index is 12.7. The number of rotatable bonds is 12. The van der Waals surface area contributed by atoms with Crippen molar-refractivity contribution in [3.63, 3.8) is 0 Å². The number of allylic oxidation sites excluding steroid dienone is 3. The molecule has 6 nitrogen and oxygen atoms in total. The van der Waals surface area contributed by atoms with Crippen LogP contribution in [0.2, 0.25) is 0 Å². The fraction of sp³-hybridized carbons (Fsp3) is 0.519. The Morgan fingerprint density at radius 3 is 2.36 bits per heavy atom. The second-order valence-corrected chi connectivity index (χ2v) is 9.23. The highest BCUT2D eigenvalue weighted by Crippen LogP contribution is 2.52. The molecule has 0 radical (unpaired) electrons. The quantitative estimate of drug-likeness (QED) is 0.227. The molecule has 1 aromatic rings. The SMILES string of the molecule is CCO/C=C/Cc1ccc(C(=O)NCCCCCCN2C(=O)C3C4C=CC(C4)C3C2=O)cc1. The van der Waals surface area contributed by atoms with Crippen LogP contribution < -0.4 is 5.32 Å². The zero-order chi connectivity index (χ0) is 23.2. The van der Waals surface area contributed by atoms with Crippen LogP contribution in [0.1, 0.15) is 54.9 Å². The lowest BCUT2D eigenvalue weighted by atomic mass is 9.85. The minimum Gasteiger partial charge on any atom is -0.502 e. The number of benzene rings is 1. The molecule has 4 atom stereocenters. The molecule has 1 aliphatic heterocycles. The zero-order valence-corrected chi connectivity index (χ0v) is 19.4. The highest BCUT2D eigenvalue weighted by atomic mass is 16.5. The Morgan fingerprint density at radius 2 is 1.70 bits per heavy atom. The van der Waals surface area contributed by atoms with Crippen LogP contribution in [0.15, 0.2) is 48.8 Å². The van der Waals surface area contributed by atoms with E-state index in [-0.39, 0.29) is 41.4 Å². The molecule has 1 N–H and O–H groups in total. The van der Waals surface area contributed by atoms with Gasteiger partial charge in [0.05, 0.1) is 24.7 Å². The maximum absolute atomic E-state index is 12.7. The molecule has 1 saturated heterocycles. The number of likely N-dealkylation sites (tertiary alicyclic amines) is 1. The minimum absolute atomic E-state index is 0.0467. The van der Waals surface area contributed by atoms with Crippen LogP contribution in [0.4, 0.5) is 0 Å². The Labute approximate surface area is 196 Å². The van der Waals surface area contributed by atoms with Gasteiger partial charge in [-0.2, -0.15) is 0 Å². The van der Waals surface area contributed by atoms with Crippen LogP contribution in [-0.2, 0) is 20.7 Å². The van der Waals surface area contributed by atoms with Gasteiger partial charge >= 0.3 is 0 Å². The van der Waals surface area contributed by atoms with Gasteiger partial charge in [-0.15, -0.1) is 0 Å². The van der Waals surface area contributed by atoms with E-state index in [1.54, 1.807) is 6.26 Å². The number of nitrogens with zero attached hydrogens (tertiary/aromatic N) is 1. The fourth-order valence-corrected chi connectivity index (χ4v) is 5.38. The summed E-state index contributed by atoms with van der Waals surface area (Å²) in [6.07, 6.45) is 13.3. The number of hydrogen-bond acceptors (Lipinski definition) is 4. The average molecular weight is 451 g/mol. The summed E-state index contributed by atoms with van der Waals surface area (Å²) in [5, 5.41) is 2.97. The number of fused-ring (bicyclic) bond motifs is 5. The molecule has 4 rings (SSSR count). The maximum Gasteiger partial charge on any atom is 0.251 e. The van der Waals surface area contributed by atoms with Gasteiger partial charge in [-0.25, -0.2) is 0 Å². The summed E-state index contributed by atoms with van der Waals surface area (Å²) in [6, 6.07) is 7.62. The van der Waals surface area contributed by atoms with Gasteiger partial charge in [0.15, 0.2) is 0 Å². The smallest absolute Gasteiger partial charge is 0.251 e. The summed E-state index contributed by atoms with van der Waals surface area (Å²) in [6.45, 7) is 3.76. The third-order valence-corrected chi connectivity index (χ3v) is 7.08. The molecule has 0 aromatic heterocycles. The average Bonchev–Trinajstić information content (AvgIpc) is 3.51. The first kappa shape index (κ1) is 23.3. The van der Waals surface area contributed by atoms with Crippen molar-refractivity contribution in [2.75, 3.05) is 19.7 Å². The number of unbranched alkanes of at least 4 members (excludes halogenated alkanes) is 3. The van der Waals surface area contributed by atoms with Crippen molar-refractivity contribution in [2.45, 2.75) is 45.4 Å². The van der Waals surface area contributed by atoms with Crippen LogP contribution >= 0.6 is 0 Å². The zero-order valence-electron chi connectivity index (χ0n) is 19.4. The molecule has 176 valence electrons. The molecule has 2 fully saturated rings. The van der Waals surface area contributed by atoms with Crippen LogP contribution in [0.3, 0.4) is 0 Å². The largest absolute Gasteiger partial charge is 0.502 e. The van der Waals surface area contributed by atoms with E-state index in [4.69, 9.17) is 4.74 Å². The predicted octanol–water partition coefficient (Wildman–Crippen LogP) is 3.88. The molecule has 2 bridgehead atoms. The van der Waals surface area contributed by atoms with E-state index in [9.17, 15) is 14.4 Å². The molecule has 3 aliphatic rings. The van der Waals surface area contributed by atoms with Crippen molar-refractivity contribution < 1.29 is 19.1 Å². The van der Waals surface area contributed by atoms with Crippen molar-refractivity contribution >= 4 is 17.7 Å². The molecule has 2 aliphatic carbocycles. The van der Waals surface area contributed by atoms with Crippen LogP contribution in [0, 0.1) is 23.7 Å². The highest BCUT2D eigenvalue weighted by Gasteiger charge is 2.58. The Bertz CT molecular complexity index is 891. The molecule has 0 spiro atoms. The Kier molecular flexibility index (Phi) is 7.63. The Morgan fingerprint density at radius 1 is 1.03 bits per heavy atom. The lowest BCUT2D eigenvalue weighted by Crippen LogP contribution is -2.33. The van der Waals surface area contributed by atoms with Crippen molar-refractivity contribution in [1.82, 2.24) is 10.2 Å². The molecule has 3 amide bonds. The number of nitrogens with one attached hydrogen (secondary N) is 1. The summed E-state index contributed by atoms with van der Waals surface area (Å²) < 4.78 is 5.18. The van der Waals surface area contributed by atoms with E-state index < -0.39 is 0 Å². The summed E-state index contributed by atoms with van der Waals surface area (Å²) in [7, 11) is 0. The summed E-state index contributed by atoms with van der Waals surface area (Å²) in [5.74, 6) is 0.397. The number of carbonyl (C=O) groups excluding carboxylic acids is 3. The standard InChI is InChI=1S/C27H34N2O4/c1-2-33-17-7-8-19-9-11-20(12-10-19)25(30)28-15-5-3-4-6-16-29-26(31)23-21-13-14-22(18-21)24(23)27(29)32/h7,9-14,17,21-24H,2-6,8,15-16,18H2,1H3,(H,28,30)/b17-7+. The van der Waals surface area contributed by atoms with Gasteiger partial charge in [0, 0.05) is 18.7 Å². The molecule has 1 heterocycles. The summed E-state index contributed by atoms with van der Waals surface area (Å²) in [5.41, 5.74) is 1.79. The fourth-order valence-electron chi connectivity index (χ4n) is 5.38. The van der Waals surface area contributed by atoms with Gasteiger partial charge in [0.1, 0.15) is 0 Å². The summed E-state index contributed by atoms with van der Waals surface area (Å²) in [4.78, 5) is 39.2. The second-order valence-electron chi connectivity index (χ2n) is 9.23. The van der Waals surface area contributed by atoms with Crippen molar-refractivity contribution in [2.24, 2.45) is 23.7 Å². The van der Waals surface area contributed by atoms with Crippen molar-refractivity contribution in [1.29, 1.82) is 0 Å². The monoisotopic (exact) mass is 450 g/mol. The molecular weight excluding hydrogens is 416 g/mol. The normalized spacial score (nSPS) is 25.3. The van der Waals surface area contributed by atoms with Gasteiger partial charge < -0.3 is 10.1 Å². The first-order valence-corrected chi connectivity index (χ1v) is 12.3. The van der Waals surface area contributed by atoms with Gasteiger partial charge in [-0.3, -0.25) is 19.3 Å². The van der Waals surface area contributed by atoms with E-state index >= 15 is 0 Å². The molecule has 6 heteroatoms. The van der Waals surface area contributed by atoms with Gasteiger partial charge in [-0.05, 0) is 68.2 Å².